The molecule has 0 spiro atoms. The minimum absolute atomic E-state index is 0.202. The average molecular weight is 815 g/mol. The van der Waals surface area contributed by atoms with E-state index in [-0.39, 0.29) is 35.9 Å². The molecule has 0 aromatic carbocycles. The zero-order chi connectivity index (χ0) is 39.9. The van der Waals surface area contributed by atoms with Crippen molar-refractivity contribution in [3.8, 4) is 28.0 Å². The Morgan fingerprint density at radius 1 is 0.898 bits per heavy atom. The van der Waals surface area contributed by atoms with Gasteiger partial charge in [-0.05, 0) is 73.9 Å². The van der Waals surface area contributed by atoms with Crippen LogP contribution in [0.1, 0.15) is 55.6 Å². The van der Waals surface area contributed by atoms with Crippen LogP contribution in [0.25, 0.3) is 27.5 Å². The van der Waals surface area contributed by atoms with Crippen molar-refractivity contribution in [2.75, 3.05) is 74.3 Å². The number of imide groups is 1. The summed E-state index contributed by atoms with van der Waals surface area (Å²) in [5.74, 6) is 0.780. The Labute approximate surface area is 345 Å². The number of piperidine rings is 2. The van der Waals surface area contributed by atoms with E-state index in [0.717, 1.165) is 121 Å². The third-order valence-corrected chi connectivity index (χ3v) is 13.6. The van der Waals surface area contributed by atoms with E-state index < -0.39 is 0 Å². The van der Waals surface area contributed by atoms with Crippen LogP contribution in [0.2, 0.25) is 0 Å². The lowest BCUT2D eigenvalue weighted by Gasteiger charge is -2.51. The van der Waals surface area contributed by atoms with Gasteiger partial charge in [0.05, 0.1) is 65.4 Å². The first-order chi connectivity index (χ1) is 29.0. The standard InChI is InChI=1S/C42H46N12O4S/c43-17-27-15-30-2-4-37(54(30)46-18-27)36-16-35(47-29-9-13-57-14-10-29)34(20-44-36)41-49-50-42(59-41)52-22-31-24-58-25-32(23-52)53(31)21-26-7-11-51(12-8-26)38-5-1-28(19-45-38)33-3-6-39(55)48-40(33)56/h1-2,4-5,15-16,18-20,26,29,31-33H,3,6-14,21-25H2,(H,44,47)(H,48,55,56)/t31?,32?,33-/m0/s1. The third kappa shape index (κ3) is 7.73. The fourth-order valence-electron chi connectivity index (χ4n) is 9.28. The maximum atomic E-state index is 12.4. The van der Waals surface area contributed by atoms with Crippen LogP contribution in [0.5, 0.6) is 0 Å². The van der Waals surface area contributed by atoms with Crippen LogP contribution in [-0.2, 0) is 19.1 Å². The van der Waals surface area contributed by atoms with E-state index in [9.17, 15) is 14.9 Å². The number of carbonyl (C=O) groups excluding carboxylic acids is 2. The van der Waals surface area contributed by atoms with Gasteiger partial charge in [-0.1, -0.05) is 17.4 Å². The second-order valence-corrected chi connectivity index (χ2v) is 17.2. The summed E-state index contributed by atoms with van der Waals surface area (Å²) in [6, 6.07) is 14.8. The highest BCUT2D eigenvalue weighted by Crippen LogP contribution is 2.38. The van der Waals surface area contributed by atoms with Crippen molar-refractivity contribution < 1.29 is 19.1 Å². The number of ether oxygens (including phenoxy) is 2. The molecule has 5 aromatic heterocycles. The summed E-state index contributed by atoms with van der Waals surface area (Å²) in [7, 11) is 0. The fraction of sp³-hybridized carbons (Fsp3) is 0.476. The molecule has 5 aromatic rings. The molecule has 0 aliphatic carbocycles. The topological polar surface area (TPSA) is 179 Å². The number of pyridine rings is 2. The molecule has 17 heteroatoms. The summed E-state index contributed by atoms with van der Waals surface area (Å²) in [6.45, 7) is 7.45. The van der Waals surface area contributed by atoms with E-state index in [1.807, 2.05) is 41.0 Å². The van der Waals surface area contributed by atoms with Crippen molar-refractivity contribution in [2.24, 2.45) is 5.92 Å². The Kier molecular flexibility index (Phi) is 10.4. The molecule has 59 heavy (non-hydrogen) atoms. The lowest BCUT2D eigenvalue weighted by molar-refractivity contribution is -0.134. The summed E-state index contributed by atoms with van der Waals surface area (Å²) < 4.78 is 13.6. The molecule has 5 aliphatic rings. The van der Waals surface area contributed by atoms with Crippen molar-refractivity contribution >= 4 is 45.3 Å². The van der Waals surface area contributed by atoms with Gasteiger partial charge in [-0.2, -0.15) is 10.4 Å². The Morgan fingerprint density at radius 3 is 2.49 bits per heavy atom. The molecule has 5 aliphatic heterocycles. The summed E-state index contributed by atoms with van der Waals surface area (Å²) in [5.41, 5.74) is 5.70. The SMILES string of the molecule is N#Cc1cnn2c(-c3cc(NC4CCOCC4)c(-c4nnc(N5CC6COCC(C5)N6CC5CCN(c6ccc([C@@H]7CCC(=O)NC7=O)cn6)CC5)s4)cn3)ccc2c1. The Hall–Kier alpha value is -5.54. The van der Waals surface area contributed by atoms with Crippen LogP contribution >= 0.6 is 11.3 Å². The van der Waals surface area contributed by atoms with E-state index in [4.69, 9.17) is 29.6 Å². The van der Waals surface area contributed by atoms with Crippen molar-refractivity contribution in [3.05, 3.63) is 66.1 Å². The van der Waals surface area contributed by atoms with Gasteiger partial charge in [-0.3, -0.25) is 24.8 Å². The number of anilines is 3. The van der Waals surface area contributed by atoms with Gasteiger partial charge in [0.25, 0.3) is 0 Å². The summed E-state index contributed by atoms with van der Waals surface area (Å²) in [5, 5.41) is 31.4. The average Bonchev–Trinajstić information content (AvgIpc) is 3.92. The molecule has 2 N–H and O–H groups in total. The monoisotopic (exact) mass is 814 g/mol. The van der Waals surface area contributed by atoms with E-state index >= 15 is 0 Å². The molecule has 10 heterocycles. The van der Waals surface area contributed by atoms with Gasteiger partial charge in [0.15, 0.2) is 5.01 Å². The maximum Gasteiger partial charge on any atom is 0.234 e. The first kappa shape index (κ1) is 37.7. The molecule has 2 amide bonds. The van der Waals surface area contributed by atoms with E-state index in [0.29, 0.717) is 37.5 Å². The van der Waals surface area contributed by atoms with Crippen molar-refractivity contribution in [1.29, 1.82) is 5.26 Å². The Balaban J connectivity index is 0.801. The number of amides is 2. The lowest BCUT2D eigenvalue weighted by Crippen LogP contribution is -2.65. The number of carbonyl (C=O) groups is 2. The molecule has 5 fully saturated rings. The van der Waals surface area contributed by atoms with Crippen LogP contribution in [-0.4, -0.2) is 124 Å². The third-order valence-electron chi connectivity index (χ3n) is 12.5. The normalized spacial score (nSPS) is 23.3. The van der Waals surface area contributed by atoms with Gasteiger partial charge in [0.2, 0.25) is 16.9 Å². The van der Waals surface area contributed by atoms with Gasteiger partial charge in [-0.15, -0.1) is 10.2 Å². The molecule has 0 saturated carbocycles. The molecular weight excluding hydrogens is 769 g/mol. The number of aromatic nitrogens is 6. The number of nitriles is 1. The van der Waals surface area contributed by atoms with Gasteiger partial charge in [0.1, 0.15) is 11.9 Å². The van der Waals surface area contributed by atoms with E-state index in [2.05, 4.69) is 42.6 Å². The van der Waals surface area contributed by atoms with Crippen molar-refractivity contribution in [3.63, 3.8) is 0 Å². The minimum Gasteiger partial charge on any atom is -0.381 e. The van der Waals surface area contributed by atoms with Crippen LogP contribution in [0, 0.1) is 17.2 Å². The molecule has 2 bridgehead atoms. The predicted octanol–water partition coefficient (Wildman–Crippen LogP) is 4.10. The van der Waals surface area contributed by atoms with Crippen LogP contribution in [0.4, 0.5) is 16.6 Å². The summed E-state index contributed by atoms with van der Waals surface area (Å²) >= 11 is 1.61. The highest BCUT2D eigenvalue weighted by molar-refractivity contribution is 7.18. The first-order valence-electron chi connectivity index (χ1n) is 20.6. The highest BCUT2D eigenvalue weighted by atomic mass is 32.1. The lowest BCUT2D eigenvalue weighted by atomic mass is 9.91. The zero-order valence-electron chi connectivity index (χ0n) is 32.7. The number of fused-ring (bicyclic) bond motifs is 3. The second-order valence-electron chi connectivity index (χ2n) is 16.3. The molecular formula is C42H46N12O4S. The van der Waals surface area contributed by atoms with Crippen molar-refractivity contribution in [2.45, 2.75) is 62.6 Å². The van der Waals surface area contributed by atoms with Crippen LogP contribution in [0.3, 0.4) is 0 Å². The Bertz CT molecular complexity index is 2370. The number of hydrogen-bond donors (Lipinski definition) is 2. The Morgan fingerprint density at radius 2 is 1.73 bits per heavy atom. The van der Waals surface area contributed by atoms with Gasteiger partial charge >= 0.3 is 0 Å². The first-order valence-corrected chi connectivity index (χ1v) is 21.5. The van der Waals surface area contributed by atoms with Gasteiger partial charge in [-0.25, -0.2) is 9.50 Å². The smallest absolute Gasteiger partial charge is 0.234 e. The number of nitrogens with zero attached hydrogens (tertiary/aromatic N) is 10. The predicted molar refractivity (Wildman–Crippen MR) is 221 cm³/mol. The number of rotatable bonds is 9. The molecule has 2 unspecified atom stereocenters. The summed E-state index contributed by atoms with van der Waals surface area (Å²) in [6.07, 6.45) is 10.2. The number of morpholine rings is 1. The highest BCUT2D eigenvalue weighted by Gasteiger charge is 2.40. The zero-order valence-corrected chi connectivity index (χ0v) is 33.5. The van der Waals surface area contributed by atoms with E-state index in [1.165, 1.54) is 0 Å². The molecule has 10 rings (SSSR count). The van der Waals surface area contributed by atoms with Crippen molar-refractivity contribution in [1.82, 2.24) is 40.0 Å². The largest absolute Gasteiger partial charge is 0.381 e. The van der Waals surface area contributed by atoms with E-state index in [1.54, 1.807) is 23.7 Å². The molecule has 5 saturated heterocycles. The molecule has 3 atom stereocenters. The number of piperazine rings is 1. The molecule has 304 valence electrons. The molecule has 16 nitrogen and oxygen atoms in total. The maximum absolute atomic E-state index is 12.4. The number of nitrogens with one attached hydrogen (secondary N) is 2. The quantitative estimate of drug-likeness (QED) is 0.203. The van der Waals surface area contributed by atoms with Crippen LogP contribution in [0.15, 0.2) is 55.0 Å². The van der Waals surface area contributed by atoms with Crippen LogP contribution < -0.4 is 20.4 Å². The molecule has 0 radical (unpaired) electrons. The fourth-order valence-corrected chi connectivity index (χ4v) is 10.2. The summed E-state index contributed by atoms with van der Waals surface area (Å²) in [4.78, 5) is 41.0. The van der Waals surface area contributed by atoms with Gasteiger partial charge < -0.3 is 24.6 Å². The second kappa shape index (κ2) is 16.3. The minimum atomic E-state index is -0.317. The number of hydrogen-bond acceptors (Lipinski definition) is 15. The van der Waals surface area contributed by atoms with Gasteiger partial charge in [0, 0.05) is 76.5 Å².